The Balaban J connectivity index is 1.21. The second-order valence-corrected chi connectivity index (χ2v) is 9.58. The molecule has 1 saturated carbocycles. The molecule has 5 rings (SSSR count). The summed E-state index contributed by atoms with van der Waals surface area (Å²) in [6.45, 7) is 7.54. The first kappa shape index (κ1) is 19.5. The maximum absolute atomic E-state index is 13.1. The quantitative estimate of drug-likeness (QED) is 0.691. The molecule has 1 atom stereocenters. The third-order valence-electron chi connectivity index (χ3n) is 7.39. The fourth-order valence-electron chi connectivity index (χ4n) is 5.55. The molecule has 1 aromatic carbocycles. The summed E-state index contributed by atoms with van der Waals surface area (Å²) in [6.07, 6.45) is 6.29. The molecule has 5 heteroatoms. The molecule has 5 nitrogen and oxygen atoms in total. The number of aryl methyl sites for hydroxylation is 1. The van der Waals surface area contributed by atoms with Gasteiger partial charge in [-0.3, -0.25) is 9.69 Å². The highest BCUT2D eigenvalue weighted by molar-refractivity contribution is 5.90. The maximum Gasteiger partial charge on any atom is 0.254 e. The average molecular weight is 399 g/mol. The van der Waals surface area contributed by atoms with E-state index in [2.05, 4.69) is 41.0 Å². The van der Waals surface area contributed by atoms with Gasteiger partial charge in [-0.15, -0.1) is 0 Å². The molecule has 0 N–H and O–H groups in total. The van der Waals surface area contributed by atoms with Crippen molar-refractivity contribution >= 4 is 5.91 Å². The summed E-state index contributed by atoms with van der Waals surface area (Å²) in [4.78, 5) is 17.9. The summed E-state index contributed by atoms with van der Waals surface area (Å²) < 4.78 is 11.8. The lowest BCUT2D eigenvalue weighted by Crippen LogP contribution is -2.79. The average Bonchev–Trinajstić information content (AvgIpc) is 3.55. The molecule has 0 aromatic heterocycles. The van der Waals surface area contributed by atoms with Crippen LogP contribution in [0.1, 0.15) is 49.7 Å². The molecule has 1 spiro atoms. The molecule has 3 aliphatic heterocycles. The Labute approximate surface area is 174 Å². The van der Waals surface area contributed by atoms with E-state index >= 15 is 0 Å². The lowest BCUT2D eigenvalue weighted by Gasteiger charge is -2.62. The molecular formula is C24H34N2O3. The van der Waals surface area contributed by atoms with Crippen LogP contribution in [-0.2, 0) is 20.8 Å². The lowest BCUT2D eigenvalue weighted by molar-refractivity contribution is -0.219. The molecule has 1 aromatic rings. The fraction of sp³-hybridized carbons (Fsp3) is 0.708. The molecule has 0 bridgehead atoms. The van der Waals surface area contributed by atoms with E-state index in [9.17, 15) is 4.79 Å². The van der Waals surface area contributed by atoms with Crippen molar-refractivity contribution in [2.24, 2.45) is 5.92 Å². The number of hydrogen-bond donors (Lipinski definition) is 0. The van der Waals surface area contributed by atoms with Gasteiger partial charge in [-0.25, -0.2) is 0 Å². The van der Waals surface area contributed by atoms with Crippen LogP contribution >= 0.6 is 0 Å². The topological polar surface area (TPSA) is 42.0 Å². The number of carbonyl (C=O) groups is 1. The molecule has 4 aliphatic rings. The summed E-state index contributed by atoms with van der Waals surface area (Å²) in [6, 6.07) is 9.16. The predicted octanol–water partition coefficient (Wildman–Crippen LogP) is 3.15. The first-order chi connectivity index (χ1) is 14.2. The minimum absolute atomic E-state index is 0.104. The molecular weight excluding hydrogens is 364 g/mol. The van der Waals surface area contributed by atoms with E-state index < -0.39 is 0 Å². The van der Waals surface area contributed by atoms with E-state index in [4.69, 9.17) is 9.47 Å². The zero-order valence-electron chi connectivity index (χ0n) is 17.6. The van der Waals surface area contributed by atoms with Gasteiger partial charge in [0.15, 0.2) is 6.10 Å². The lowest BCUT2D eigenvalue weighted by atomic mass is 9.72. The highest BCUT2D eigenvalue weighted by Gasteiger charge is 2.63. The van der Waals surface area contributed by atoms with Crippen LogP contribution in [0.25, 0.3) is 0 Å². The van der Waals surface area contributed by atoms with Gasteiger partial charge in [-0.2, -0.15) is 0 Å². The summed E-state index contributed by atoms with van der Waals surface area (Å²) >= 11 is 0. The van der Waals surface area contributed by atoms with Gasteiger partial charge < -0.3 is 14.4 Å². The Morgan fingerprint density at radius 2 is 1.90 bits per heavy atom. The molecule has 1 aliphatic carbocycles. The van der Waals surface area contributed by atoms with Crippen LogP contribution in [0.3, 0.4) is 0 Å². The Morgan fingerprint density at radius 1 is 1.14 bits per heavy atom. The first-order valence-electron chi connectivity index (χ1n) is 11.5. The van der Waals surface area contributed by atoms with E-state index in [-0.39, 0.29) is 17.6 Å². The number of ether oxygens (including phenoxy) is 2. The van der Waals surface area contributed by atoms with Crippen molar-refractivity contribution < 1.29 is 14.3 Å². The molecule has 158 valence electrons. The molecule has 0 radical (unpaired) electrons. The number of rotatable bonds is 6. The second kappa shape index (κ2) is 8.01. The smallest absolute Gasteiger partial charge is 0.254 e. The van der Waals surface area contributed by atoms with E-state index in [0.717, 1.165) is 65.1 Å². The third-order valence-corrected chi connectivity index (χ3v) is 7.39. The van der Waals surface area contributed by atoms with Crippen LogP contribution < -0.4 is 0 Å². The maximum atomic E-state index is 13.1. The minimum atomic E-state index is -0.225. The van der Waals surface area contributed by atoms with Gasteiger partial charge >= 0.3 is 0 Å². The molecule has 4 fully saturated rings. The number of likely N-dealkylation sites (tertiary alicyclic amines) is 2. The Kier molecular flexibility index (Phi) is 5.39. The van der Waals surface area contributed by atoms with E-state index in [1.165, 1.54) is 24.0 Å². The summed E-state index contributed by atoms with van der Waals surface area (Å²) in [5.74, 6) is 0.934. The number of piperidine rings is 1. The minimum Gasteiger partial charge on any atom is -0.381 e. The third kappa shape index (κ3) is 3.85. The van der Waals surface area contributed by atoms with Gasteiger partial charge in [0.05, 0.1) is 12.1 Å². The number of benzene rings is 1. The SMILES string of the molecule is Cc1cccc(CN2CCC(N3C(=O)C(OCC4CC4)C34CCOCC4)CC2)c1. The van der Waals surface area contributed by atoms with E-state index in [0.29, 0.717) is 12.0 Å². The zero-order chi connectivity index (χ0) is 19.8. The zero-order valence-corrected chi connectivity index (χ0v) is 17.6. The first-order valence-corrected chi connectivity index (χ1v) is 11.5. The van der Waals surface area contributed by atoms with Crippen LogP contribution in [0.2, 0.25) is 0 Å². The summed E-state index contributed by atoms with van der Waals surface area (Å²) in [7, 11) is 0. The van der Waals surface area contributed by atoms with E-state index in [1.54, 1.807) is 0 Å². The monoisotopic (exact) mass is 398 g/mol. The van der Waals surface area contributed by atoms with Crippen molar-refractivity contribution in [3.63, 3.8) is 0 Å². The van der Waals surface area contributed by atoms with Crippen LogP contribution in [0.5, 0.6) is 0 Å². The van der Waals surface area contributed by atoms with Crippen molar-refractivity contribution in [3.05, 3.63) is 35.4 Å². The summed E-state index contributed by atoms with van der Waals surface area (Å²) in [5.41, 5.74) is 2.60. The van der Waals surface area contributed by atoms with Crippen LogP contribution in [-0.4, -0.2) is 66.3 Å². The van der Waals surface area contributed by atoms with Gasteiger partial charge in [0.1, 0.15) is 0 Å². The van der Waals surface area contributed by atoms with Crippen molar-refractivity contribution in [1.29, 1.82) is 0 Å². The molecule has 1 amide bonds. The number of hydrogen-bond acceptors (Lipinski definition) is 4. The van der Waals surface area contributed by atoms with Gasteiger partial charge in [0, 0.05) is 38.9 Å². The van der Waals surface area contributed by atoms with Gasteiger partial charge in [-0.1, -0.05) is 29.8 Å². The van der Waals surface area contributed by atoms with Crippen LogP contribution in [0.4, 0.5) is 0 Å². The largest absolute Gasteiger partial charge is 0.381 e. The number of amides is 1. The Bertz CT molecular complexity index is 733. The van der Waals surface area contributed by atoms with Gasteiger partial charge in [-0.05, 0) is 56.9 Å². The van der Waals surface area contributed by atoms with Gasteiger partial charge in [0.25, 0.3) is 5.91 Å². The Hall–Kier alpha value is -1.43. The van der Waals surface area contributed by atoms with E-state index in [1.807, 2.05) is 0 Å². The standard InChI is InChI=1S/C24H34N2O3/c1-18-3-2-4-20(15-18)16-25-11-7-21(8-12-25)26-23(27)22(29-17-19-5-6-19)24(26)9-13-28-14-10-24/h2-4,15,19,21-22H,5-14,16-17H2,1H3. The number of β-lactam (4-membered cyclic amide) rings is 1. The molecule has 29 heavy (non-hydrogen) atoms. The van der Waals surface area contributed by atoms with Gasteiger partial charge in [0.2, 0.25) is 0 Å². The fourth-order valence-corrected chi connectivity index (χ4v) is 5.55. The van der Waals surface area contributed by atoms with Crippen molar-refractivity contribution in [2.45, 2.75) is 69.7 Å². The van der Waals surface area contributed by atoms with Crippen LogP contribution in [0.15, 0.2) is 24.3 Å². The normalized spacial score (nSPS) is 28.0. The van der Waals surface area contributed by atoms with Crippen molar-refractivity contribution in [3.8, 4) is 0 Å². The van der Waals surface area contributed by atoms with Crippen molar-refractivity contribution in [1.82, 2.24) is 9.80 Å². The van der Waals surface area contributed by atoms with Crippen molar-refractivity contribution in [2.75, 3.05) is 32.9 Å². The summed E-state index contributed by atoms with van der Waals surface area (Å²) in [5, 5.41) is 0. The number of nitrogens with zero attached hydrogens (tertiary/aromatic N) is 2. The molecule has 1 unspecified atom stereocenters. The van der Waals surface area contributed by atoms with Crippen LogP contribution in [0, 0.1) is 12.8 Å². The number of carbonyl (C=O) groups excluding carboxylic acids is 1. The Morgan fingerprint density at radius 3 is 2.59 bits per heavy atom. The second-order valence-electron chi connectivity index (χ2n) is 9.58. The molecule has 3 saturated heterocycles. The molecule has 3 heterocycles. The predicted molar refractivity (Wildman–Crippen MR) is 112 cm³/mol. The highest BCUT2D eigenvalue weighted by atomic mass is 16.5. The highest BCUT2D eigenvalue weighted by Crippen LogP contribution is 2.46.